The third-order valence-corrected chi connectivity index (χ3v) is 6.34. The van der Waals surface area contributed by atoms with Gasteiger partial charge < -0.3 is 9.47 Å². The number of fused-ring (bicyclic) bond motifs is 2. The van der Waals surface area contributed by atoms with E-state index in [0.29, 0.717) is 53.5 Å². The first-order chi connectivity index (χ1) is 17.6. The van der Waals surface area contributed by atoms with Crippen LogP contribution in [0.1, 0.15) is 27.4 Å². The molecule has 178 valence electrons. The Morgan fingerprint density at radius 3 is 2.67 bits per heavy atom. The molecule has 0 radical (unpaired) electrons. The van der Waals surface area contributed by atoms with E-state index < -0.39 is 11.7 Å². The molecule has 6 rings (SSSR count). The highest BCUT2D eigenvalue weighted by Crippen LogP contribution is 2.23. The number of nitrogens with one attached hydrogen (secondary N) is 1. The summed E-state index contributed by atoms with van der Waals surface area (Å²) in [5.41, 5.74) is 1.77. The fourth-order valence-electron chi connectivity index (χ4n) is 4.53. The molecule has 36 heavy (non-hydrogen) atoms. The Hall–Kier alpha value is -4.73. The van der Waals surface area contributed by atoms with Crippen molar-refractivity contribution in [3.63, 3.8) is 0 Å². The first kappa shape index (κ1) is 21.8. The van der Waals surface area contributed by atoms with Crippen molar-refractivity contribution in [2.24, 2.45) is 0 Å². The Labute approximate surface area is 204 Å². The Kier molecular flexibility index (Phi) is 5.33. The quantitative estimate of drug-likeness (QED) is 0.423. The number of rotatable bonds is 4. The molecule has 0 aliphatic carbocycles. The van der Waals surface area contributed by atoms with Gasteiger partial charge in [0, 0.05) is 31.1 Å². The minimum atomic E-state index is -0.593. The number of aromatic nitrogens is 6. The molecular weight excluding hydrogens is 461 g/mol. The topological polar surface area (TPSA) is 110 Å². The summed E-state index contributed by atoms with van der Waals surface area (Å²) >= 11 is 0. The number of hydrogen-bond donors (Lipinski definition) is 1. The van der Waals surface area contributed by atoms with Crippen LogP contribution >= 0.6 is 0 Å². The maximum Gasteiger partial charge on any atom is 0.272 e. The molecule has 9 nitrogen and oxygen atoms in total. The highest BCUT2D eigenvalue weighted by atomic mass is 19.1. The van der Waals surface area contributed by atoms with Crippen LogP contribution in [0, 0.1) is 5.82 Å². The summed E-state index contributed by atoms with van der Waals surface area (Å²) in [4.78, 5) is 31.3. The molecule has 1 aliphatic rings. The van der Waals surface area contributed by atoms with Crippen molar-refractivity contribution in [1.82, 2.24) is 34.8 Å². The number of benzene rings is 2. The highest BCUT2D eigenvalue weighted by Gasteiger charge is 2.27. The van der Waals surface area contributed by atoms with Gasteiger partial charge in [-0.15, -0.1) is 10.2 Å². The van der Waals surface area contributed by atoms with Gasteiger partial charge in [-0.2, -0.15) is 5.10 Å². The standard InChI is InChI=1S/C26H20FN7O2/c27-20-9-8-16(14-22-17-5-1-2-6-18(17)25(35)32-29-22)13-19(20)26(36)33-11-12-34-23(15-33)30-31-24(34)21-7-3-4-10-28-21/h1-10,13H,11-12,14-15H2,(H,32,35). The van der Waals surface area contributed by atoms with Crippen LogP contribution in [0.5, 0.6) is 0 Å². The lowest BCUT2D eigenvalue weighted by Gasteiger charge is -2.28. The predicted molar refractivity (Wildman–Crippen MR) is 130 cm³/mol. The number of hydrogen-bond acceptors (Lipinski definition) is 6. The molecule has 0 unspecified atom stereocenters. The van der Waals surface area contributed by atoms with Gasteiger partial charge >= 0.3 is 0 Å². The van der Waals surface area contributed by atoms with Gasteiger partial charge in [0.1, 0.15) is 11.5 Å². The van der Waals surface area contributed by atoms with E-state index in [0.717, 1.165) is 5.39 Å². The average Bonchev–Trinajstić information content (AvgIpc) is 3.35. The molecule has 1 N–H and O–H groups in total. The van der Waals surface area contributed by atoms with Gasteiger partial charge in [0.2, 0.25) is 0 Å². The molecule has 1 aliphatic heterocycles. The molecule has 10 heteroatoms. The van der Waals surface area contributed by atoms with Crippen LogP contribution in [0.25, 0.3) is 22.3 Å². The van der Waals surface area contributed by atoms with Crippen LogP contribution in [0.4, 0.5) is 4.39 Å². The molecule has 4 heterocycles. The molecule has 0 spiro atoms. The van der Waals surface area contributed by atoms with E-state index in [4.69, 9.17) is 0 Å². The van der Waals surface area contributed by atoms with Crippen LogP contribution in [-0.2, 0) is 19.5 Å². The van der Waals surface area contributed by atoms with E-state index in [1.54, 1.807) is 35.4 Å². The summed E-state index contributed by atoms with van der Waals surface area (Å²) in [7, 11) is 0. The van der Waals surface area contributed by atoms with Crippen molar-refractivity contribution in [1.29, 1.82) is 0 Å². The van der Waals surface area contributed by atoms with Gasteiger partial charge in [0.25, 0.3) is 11.5 Å². The van der Waals surface area contributed by atoms with Gasteiger partial charge in [-0.3, -0.25) is 14.6 Å². The number of aromatic amines is 1. The largest absolute Gasteiger partial charge is 0.329 e. The lowest BCUT2D eigenvalue weighted by Crippen LogP contribution is -2.39. The second-order valence-corrected chi connectivity index (χ2v) is 8.57. The van der Waals surface area contributed by atoms with Crippen molar-refractivity contribution in [2.45, 2.75) is 19.5 Å². The lowest BCUT2D eigenvalue weighted by molar-refractivity contribution is 0.0703. The number of halogens is 1. The number of nitrogens with zero attached hydrogens (tertiary/aromatic N) is 6. The minimum absolute atomic E-state index is 0.0147. The van der Waals surface area contributed by atoms with Crippen molar-refractivity contribution in [2.75, 3.05) is 6.54 Å². The maximum absolute atomic E-state index is 14.8. The molecule has 0 atom stereocenters. The second-order valence-electron chi connectivity index (χ2n) is 8.57. The Bertz CT molecular complexity index is 1660. The van der Waals surface area contributed by atoms with Gasteiger partial charge in [0.05, 0.1) is 23.2 Å². The summed E-state index contributed by atoms with van der Waals surface area (Å²) in [6, 6.07) is 17.2. The van der Waals surface area contributed by atoms with Gasteiger partial charge in [0.15, 0.2) is 11.6 Å². The zero-order valence-corrected chi connectivity index (χ0v) is 19.1. The highest BCUT2D eigenvalue weighted by molar-refractivity contribution is 5.94. The van der Waals surface area contributed by atoms with E-state index in [9.17, 15) is 14.0 Å². The van der Waals surface area contributed by atoms with Crippen LogP contribution in [0.3, 0.4) is 0 Å². The van der Waals surface area contributed by atoms with E-state index in [-0.39, 0.29) is 17.7 Å². The summed E-state index contributed by atoms with van der Waals surface area (Å²) in [6.45, 7) is 1.09. The summed E-state index contributed by atoms with van der Waals surface area (Å²) in [6.07, 6.45) is 2.02. The molecule has 0 bridgehead atoms. The number of carbonyl (C=O) groups is 1. The van der Waals surface area contributed by atoms with Crippen LogP contribution < -0.4 is 5.56 Å². The summed E-state index contributed by atoms with van der Waals surface area (Å²) in [5, 5.41) is 16.4. The Balaban J connectivity index is 1.26. The fourth-order valence-corrected chi connectivity index (χ4v) is 4.53. The fraction of sp³-hybridized carbons (Fsp3) is 0.154. The summed E-state index contributed by atoms with van der Waals surface area (Å²) < 4.78 is 16.7. The van der Waals surface area contributed by atoms with Gasteiger partial charge in [-0.1, -0.05) is 30.3 Å². The van der Waals surface area contributed by atoms with Crippen molar-refractivity contribution >= 4 is 16.7 Å². The number of carbonyl (C=O) groups excluding carboxylic acids is 1. The molecule has 5 aromatic rings. The summed E-state index contributed by atoms with van der Waals surface area (Å²) in [5.74, 6) is 0.258. The second kappa shape index (κ2) is 8.81. The minimum Gasteiger partial charge on any atom is -0.329 e. The molecule has 1 amide bonds. The van der Waals surface area contributed by atoms with E-state index in [1.165, 1.54) is 6.07 Å². The van der Waals surface area contributed by atoms with E-state index >= 15 is 0 Å². The van der Waals surface area contributed by atoms with Gasteiger partial charge in [-0.25, -0.2) is 9.49 Å². The van der Waals surface area contributed by atoms with Crippen molar-refractivity contribution in [3.05, 3.63) is 106 Å². The van der Waals surface area contributed by atoms with E-state index in [1.807, 2.05) is 34.9 Å². The maximum atomic E-state index is 14.8. The third-order valence-electron chi connectivity index (χ3n) is 6.34. The van der Waals surface area contributed by atoms with Crippen molar-refractivity contribution < 1.29 is 9.18 Å². The van der Waals surface area contributed by atoms with Crippen LogP contribution in [0.15, 0.2) is 71.7 Å². The first-order valence-electron chi connectivity index (χ1n) is 11.5. The predicted octanol–water partition coefficient (Wildman–Crippen LogP) is 2.96. The molecule has 3 aromatic heterocycles. The molecule has 0 fully saturated rings. The van der Waals surface area contributed by atoms with Gasteiger partial charge in [-0.05, 0) is 35.9 Å². The smallest absolute Gasteiger partial charge is 0.272 e. The Morgan fingerprint density at radius 1 is 1.00 bits per heavy atom. The monoisotopic (exact) mass is 481 g/mol. The van der Waals surface area contributed by atoms with Crippen LogP contribution in [0.2, 0.25) is 0 Å². The van der Waals surface area contributed by atoms with E-state index in [2.05, 4.69) is 25.4 Å². The third kappa shape index (κ3) is 3.82. The molecule has 0 saturated heterocycles. The molecular formula is C26H20FN7O2. The zero-order chi connectivity index (χ0) is 24.6. The first-order valence-corrected chi connectivity index (χ1v) is 11.5. The molecule has 2 aromatic carbocycles. The number of H-pyrrole nitrogens is 1. The number of pyridine rings is 1. The lowest BCUT2D eigenvalue weighted by atomic mass is 10.0. The average molecular weight is 481 g/mol. The van der Waals surface area contributed by atoms with Crippen LogP contribution in [-0.4, -0.2) is 47.3 Å². The van der Waals surface area contributed by atoms with Crippen molar-refractivity contribution in [3.8, 4) is 11.5 Å². The SMILES string of the molecule is O=C(c1cc(Cc2n[nH]c(=O)c3ccccc23)ccc1F)N1CCn2c(nnc2-c2ccccn2)C1. The zero-order valence-electron chi connectivity index (χ0n) is 19.1. The normalized spacial score (nSPS) is 13.1. The number of amides is 1. The Morgan fingerprint density at radius 2 is 1.83 bits per heavy atom. The molecule has 0 saturated carbocycles.